The minimum absolute atomic E-state index is 0.164. The fourth-order valence-electron chi connectivity index (χ4n) is 2.63. The molecule has 1 fully saturated rings. The molecule has 19 heavy (non-hydrogen) atoms. The molecule has 0 saturated heterocycles. The lowest BCUT2D eigenvalue weighted by atomic mass is 9.92. The van der Waals surface area contributed by atoms with E-state index in [4.69, 9.17) is 9.47 Å². The fraction of sp³-hybridized carbons (Fsp3) is 0.333. The molecule has 1 aromatic carbocycles. The van der Waals surface area contributed by atoms with Crippen LogP contribution in [0.3, 0.4) is 0 Å². The number of aromatic nitrogens is 1. The Morgan fingerprint density at radius 2 is 2.05 bits per heavy atom. The lowest BCUT2D eigenvalue weighted by Crippen LogP contribution is -2.22. The Kier molecular flexibility index (Phi) is 2.66. The van der Waals surface area contributed by atoms with Gasteiger partial charge in [0.05, 0.1) is 19.6 Å². The van der Waals surface area contributed by atoms with Crippen LogP contribution in [0.25, 0.3) is 10.9 Å². The van der Waals surface area contributed by atoms with Gasteiger partial charge < -0.3 is 9.47 Å². The summed E-state index contributed by atoms with van der Waals surface area (Å²) < 4.78 is 10.3. The molecule has 0 amide bonds. The fourth-order valence-corrected chi connectivity index (χ4v) is 2.63. The molecule has 0 spiro atoms. The molecule has 4 nitrogen and oxygen atoms in total. The number of pyridine rings is 1. The highest BCUT2D eigenvalue weighted by molar-refractivity contribution is 5.96. The van der Waals surface area contributed by atoms with Crippen molar-refractivity contribution in [2.45, 2.75) is 18.3 Å². The van der Waals surface area contributed by atoms with E-state index in [1.54, 1.807) is 13.3 Å². The summed E-state index contributed by atoms with van der Waals surface area (Å²) in [4.78, 5) is 16.4. The van der Waals surface area contributed by atoms with Crippen LogP contribution in [-0.4, -0.2) is 25.2 Å². The van der Waals surface area contributed by atoms with Crippen LogP contribution in [-0.2, 0) is 14.9 Å². The Bertz CT molecular complexity index is 647. The average Bonchev–Trinajstić information content (AvgIpc) is 3.26. The summed E-state index contributed by atoms with van der Waals surface area (Å²) in [6.45, 7) is 0. The summed E-state index contributed by atoms with van der Waals surface area (Å²) in [6, 6.07) is 7.67. The van der Waals surface area contributed by atoms with Gasteiger partial charge in [-0.3, -0.25) is 9.78 Å². The van der Waals surface area contributed by atoms with E-state index in [1.165, 1.54) is 7.11 Å². The minimum atomic E-state index is -0.484. The first kappa shape index (κ1) is 12.0. The van der Waals surface area contributed by atoms with Crippen molar-refractivity contribution in [2.75, 3.05) is 14.2 Å². The van der Waals surface area contributed by atoms with Gasteiger partial charge in [-0.1, -0.05) is 12.1 Å². The van der Waals surface area contributed by atoms with Gasteiger partial charge in [-0.15, -0.1) is 0 Å². The number of methoxy groups -OCH3 is 2. The molecule has 2 aromatic rings. The van der Waals surface area contributed by atoms with Crippen LogP contribution in [0.15, 0.2) is 30.5 Å². The third-order valence-corrected chi connectivity index (χ3v) is 3.80. The predicted octanol–water partition coefficient (Wildman–Crippen LogP) is 2.45. The number of carbonyl (C=O) groups excluding carboxylic acids is 1. The summed E-state index contributed by atoms with van der Waals surface area (Å²) in [5, 5.41) is 0.963. The van der Waals surface area contributed by atoms with Crippen LogP contribution in [0, 0.1) is 0 Å². The number of hydrogen-bond acceptors (Lipinski definition) is 4. The number of hydrogen-bond donors (Lipinski definition) is 0. The lowest BCUT2D eigenvalue weighted by molar-refractivity contribution is -0.143. The third-order valence-electron chi connectivity index (χ3n) is 3.80. The normalized spacial score (nSPS) is 16.1. The van der Waals surface area contributed by atoms with E-state index in [9.17, 15) is 4.79 Å². The van der Waals surface area contributed by atoms with Crippen molar-refractivity contribution in [3.8, 4) is 5.75 Å². The molecule has 4 heteroatoms. The van der Waals surface area contributed by atoms with Gasteiger partial charge >= 0.3 is 5.97 Å². The summed E-state index contributed by atoms with van der Waals surface area (Å²) >= 11 is 0. The number of nitrogens with zero attached hydrogens (tertiary/aromatic N) is 1. The van der Waals surface area contributed by atoms with Crippen LogP contribution in [0.2, 0.25) is 0 Å². The highest BCUT2D eigenvalue weighted by Gasteiger charge is 2.53. The highest BCUT2D eigenvalue weighted by atomic mass is 16.5. The zero-order chi connectivity index (χ0) is 13.5. The van der Waals surface area contributed by atoms with Gasteiger partial charge in [-0.25, -0.2) is 0 Å². The van der Waals surface area contributed by atoms with E-state index in [-0.39, 0.29) is 5.97 Å². The Morgan fingerprint density at radius 3 is 2.68 bits per heavy atom. The standard InChI is InChI=1S/C15H15NO3/c1-18-12-5-3-4-10-11(6-9-16-13(10)12)15(7-8-15)14(17)19-2/h3-6,9H,7-8H2,1-2H3. The van der Waals surface area contributed by atoms with E-state index < -0.39 is 5.41 Å². The maximum absolute atomic E-state index is 12.0. The van der Waals surface area contributed by atoms with Crippen molar-refractivity contribution in [3.05, 3.63) is 36.0 Å². The first-order chi connectivity index (χ1) is 9.23. The third kappa shape index (κ3) is 1.67. The number of para-hydroxylation sites is 1. The van der Waals surface area contributed by atoms with E-state index in [0.717, 1.165) is 35.1 Å². The first-order valence-electron chi connectivity index (χ1n) is 6.23. The van der Waals surface area contributed by atoms with Crippen LogP contribution in [0.4, 0.5) is 0 Å². The molecule has 1 aliphatic carbocycles. The monoisotopic (exact) mass is 257 g/mol. The summed E-state index contributed by atoms with van der Waals surface area (Å²) in [7, 11) is 3.06. The molecule has 1 aromatic heterocycles. The minimum Gasteiger partial charge on any atom is -0.494 e. The van der Waals surface area contributed by atoms with Crippen molar-refractivity contribution < 1.29 is 14.3 Å². The quantitative estimate of drug-likeness (QED) is 0.792. The second-order valence-corrected chi connectivity index (χ2v) is 4.79. The zero-order valence-corrected chi connectivity index (χ0v) is 11.0. The van der Waals surface area contributed by atoms with Crippen molar-refractivity contribution in [2.24, 2.45) is 0 Å². The van der Waals surface area contributed by atoms with Gasteiger partial charge in [0, 0.05) is 11.6 Å². The Labute approximate surface area is 111 Å². The van der Waals surface area contributed by atoms with Gasteiger partial charge in [-0.05, 0) is 30.5 Å². The van der Waals surface area contributed by atoms with Crippen LogP contribution in [0.5, 0.6) is 5.75 Å². The lowest BCUT2D eigenvalue weighted by Gasteiger charge is -2.16. The number of benzene rings is 1. The van der Waals surface area contributed by atoms with Crippen molar-refractivity contribution in [1.82, 2.24) is 4.98 Å². The SMILES string of the molecule is COC(=O)C1(c2ccnc3c(OC)cccc23)CC1. The van der Waals surface area contributed by atoms with E-state index in [1.807, 2.05) is 24.3 Å². The molecule has 3 rings (SSSR count). The molecule has 1 aliphatic rings. The van der Waals surface area contributed by atoms with Gasteiger partial charge in [-0.2, -0.15) is 0 Å². The van der Waals surface area contributed by atoms with Gasteiger partial charge in [0.25, 0.3) is 0 Å². The summed E-state index contributed by atoms with van der Waals surface area (Å²) in [6.07, 6.45) is 3.38. The number of fused-ring (bicyclic) bond motifs is 1. The van der Waals surface area contributed by atoms with Crippen LogP contribution < -0.4 is 4.74 Å². The maximum Gasteiger partial charge on any atom is 0.316 e. The summed E-state index contributed by atoms with van der Waals surface area (Å²) in [5.41, 5.74) is 1.29. The molecule has 1 heterocycles. The molecule has 0 atom stereocenters. The molecule has 0 unspecified atom stereocenters. The number of carbonyl (C=O) groups is 1. The molecule has 1 saturated carbocycles. The van der Waals surface area contributed by atoms with Crippen LogP contribution >= 0.6 is 0 Å². The first-order valence-corrected chi connectivity index (χ1v) is 6.23. The Morgan fingerprint density at radius 1 is 1.26 bits per heavy atom. The largest absolute Gasteiger partial charge is 0.494 e. The Hall–Kier alpha value is -2.10. The van der Waals surface area contributed by atoms with E-state index >= 15 is 0 Å². The second-order valence-electron chi connectivity index (χ2n) is 4.79. The number of esters is 1. The molecular weight excluding hydrogens is 242 g/mol. The van der Waals surface area contributed by atoms with Crippen molar-refractivity contribution >= 4 is 16.9 Å². The summed E-state index contributed by atoms with van der Waals surface area (Å²) in [5.74, 6) is 0.558. The smallest absolute Gasteiger partial charge is 0.316 e. The number of ether oxygens (including phenoxy) is 2. The molecule has 0 aliphatic heterocycles. The molecule has 0 N–H and O–H groups in total. The van der Waals surface area contributed by atoms with Gasteiger partial charge in [0.15, 0.2) is 0 Å². The zero-order valence-electron chi connectivity index (χ0n) is 11.0. The second kappa shape index (κ2) is 4.23. The van der Waals surface area contributed by atoms with Crippen molar-refractivity contribution in [1.29, 1.82) is 0 Å². The molecule has 0 bridgehead atoms. The van der Waals surface area contributed by atoms with Gasteiger partial charge in [0.2, 0.25) is 0 Å². The highest BCUT2D eigenvalue weighted by Crippen LogP contribution is 2.51. The van der Waals surface area contributed by atoms with Crippen LogP contribution in [0.1, 0.15) is 18.4 Å². The molecule has 98 valence electrons. The number of rotatable bonds is 3. The average molecular weight is 257 g/mol. The van der Waals surface area contributed by atoms with E-state index in [2.05, 4.69) is 4.98 Å². The predicted molar refractivity (Wildman–Crippen MR) is 71.2 cm³/mol. The Balaban J connectivity index is 2.23. The van der Waals surface area contributed by atoms with E-state index in [0.29, 0.717) is 0 Å². The van der Waals surface area contributed by atoms with Crippen molar-refractivity contribution in [3.63, 3.8) is 0 Å². The topological polar surface area (TPSA) is 48.4 Å². The van der Waals surface area contributed by atoms with Gasteiger partial charge in [0.1, 0.15) is 11.3 Å². The molecular formula is C15H15NO3. The molecule has 0 radical (unpaired) electrons. The maximum atomic E-state index is 12.0.